The summed E-state index contributed by atoms with van der Waals surface area (Å²) < 4.78 is 1.61. The molecule has 3 aromatic rings. The highest BCUT2D eigenvalue weighted by Gasteiger charge is 2.25. The zero-order valence-corrected chi connectivity index (χ0v) is 11.4. The summed E-state index contributed by atoms with van der Waals surface area (Å²) in [5, 5.41) is 7.25. The molecule has 0 bridgehead atoms. The minimum Gasteiger partial charge on any atom is -0.345 e. The van der Waals surface area contributed by atoms with Gasteiger partial charge in [-0.1, -0.05) is 24.3 Å². The summed E-state index contributed by atoms with van der Waals surface area (Å²) >= 11 is 0. The first kappa shape index (κ1) is 12.1. The fraction of sp³-hybridized carbons (Fsp3) is 0.188. The maximum atomic E-state index is 12.5. The van der Waals surface area contributed by atoms with Gasteiger partial charge < -0.3 is 5.32 Å². The standard InChI is InChI=1S/C16H14N4O/c21-16(13-10-18-20-9-3-8-17-15(13)20)19-14-7-6-11-4-1-2-5-12(11)14/h1-5,8-10,14H,6-7H2,(H,19,21)/t14-/m1/s1. The number of fused-ring (bicyclic) bond motifs is 2. The molecule has 0 radical (unpaired) electrons. The maximum absolute atomic E-state index is 12.5. The van der Waals surface area contributed by atoms with Crippen LogP contribution in [0.15, 0.2) is 48.9 Å². The SMILES string of the molecule is O=C(N[C@@H]1CCc2ccccc21)c1cnn2cccnc12. The first-order valence-electron chi connectivity index (χ1n) is 7.00. The molecule has 104 valence electrons. The number of carbonyl (C=O) groups excluding carboxylic acids is 1. The number of benzene rings is 1. The molecule has 1 amide bonds. The van der Waals surface area contributed by atoms with E-state index in [0.29, 0.717) is 11.2 Å². The molecule has 1 aromatic carbocycles. The number of carbonyl (C=O) groups is 1. The van der Waals surface area contributed by atoms with Crippen LogP contribution in [-0.2, 0) is 6.42 Å². The van der Waals surface area contributed by atoms with Gasteiger partial charge in [-0.25, -0.2) is 9.50 Å². The molecule has 2 aromatic heterocycles. The Balaban J connectivity index is 1.62. The van der Waals surface area contributed by atoms with E-state index < -0.39 is 0 Å². The Morgan fingerprint density at radius 3 is 3.14 bits per heavy atom. The normalized spacial score (nSPS) is 16.9. The van der Waals surface area contributed by atoms with Crippen LogP contribution in [0.2, 0.25) is 0 Å². The minimum absolute atomic E-state index is 0.0763. The number of amides is 1. The first-order valence-corrected chi connectivity index (χ1v) is 7.00. The van der Waals surface area contributed by atoms with Crippen molar-refractivity contribution in [3.8, 4) is 0 Å². The van der Waals surface area contributed by atoms with Crippen molar-refractivity contribution in [3.63, 3.8) is 0 Å². The van der Waals surface area contributed by atoms with Gasteiger partial charge in [0, 0.05) is 12.4 Å². The van der Waals surface area contributed by atoms with Gasteiger partial charge in [0.05, 0.1) is 12.2 Å². The number of hydrogen-bond acceptors (Lipinski definition) is 3. The van der Waals surface area contributed by atoms with Crippen LogP contribution in [0.25, 0.3) is 5.65 Å². The molecule has 1 N–H and O–H groups in total. The Kier molecular flexibility index (Phi) is 2.70. The van der Waals surface area contributed by atoms with Gasteiger partial charge in [-0.05, 0) is 30.0 Å². The van der Waals surface area contributed by atoms with Crippen molar-refractivity contribution in [2.45, 2.75) is 18.9 Å². The van der Waals surface area contributed by atoms with E-state index >= 15 is 0 Å². The molecule has 1 aliphatic rings. The number of hydrogen-bond donors (Lipinski definition) is 1. The van der Waals surface area contributed by atoms with Gasteiger partial charge in [0.15, 0.2) is 5.65 Å². The van der Waals surface area contributed by atoms with E-state index in [1.165, 1.54) is 11.1 Å². The van der Waals surface area contributed by atoms with Crippen LogP contribution >= 0.6 is 0 Å². The van der Waals surface area contributed by atoms with Crippen molar-refractivity contribution in [1.82, 2.24) is 19.9 Å². The third kappa shape index (κ3) is 1.98. The largest absolute Gasteiger partial charge is 0.345 e. The smallest absolute Gasteiger partial charge is 0.257 e. The van der Waals surface area contributed by atoms with E-state index in [-0.39, 0.29) is 11.9 Å². The Hall–Kier alpha value is -2.69. The van der Waals surface area contributed by atoms with Crippen LogP contribution in [0, 0.1) is 0 Å². The zero-order valence-electron chi connectivity index (χ0n) is 11.4. The lowest BCUT2D eigenvalue weighted by atomic mass is 10.1. The summed E-state index contributed by atoms with van der Waals surface area (Å²) in [6.45, 7) is 0. The summed E-state index contributed by atoms with van der Waals surface area (Å²) in [6.07, 6.45) is 6.97. The predicted octanol–water partition coefficient (Wildman–Crippen LogP) is 2.15. The highest BCUT2D eigenvalue weighted by Crippen LogP contribution is 2.30. The summed E-state index contributed by atoms with van der Waals surface area (Å²) in [4.78, 5) is 16.7. The lowest BCUT2D eigenvalue weighted by Gasteiger charge is -2.13. The number of rotatable bonds is 2. The van der Waals surface area contributed by atoms with Crippen LogP contribution in [0.1, 0.15) is 33.9 Å². The van der Waals surface area contributed by atoms with Gasteiger partial charge >= 0.3 is 0 Å². The average molecular weight is 278 g/mol. The van der Waals surface area contributed by atoms with Crippen LogP contribution in [0.3, 0.4) is 0 Å². The fourth-order valence-corrected chi connectivity index (χ4v) is 2.93. The summed E-state index contributed by atoms with van der Waals surface area (Å²) in [6, 6.07) is 10.1. The Morgan fingerprint density at radius 2 is 2.19 bits per heavy atom. The first-order chi connectivity index (χ1) is 10.3. The van der Waals surface area contributed by atoms with Gasteiger partial charge in [0.25, 0.3) is 5.91 Å². The molecule has 1 aliphatic carbocycles. The average Bonchev–Trinajstić information content (AvgIpc) is 3.12. The van der Waals surface area contributed by atoms with Crippen molar-refractivity contribution in [2.75, 3.05) is 0 Å². The third-order valence-corrected chi connectivity index (χ3v) is 3.96. The molecular formula is C16H14N4O. The molecule has 0 spiro atoms. The summed E-state index contributed by atoms with van der Waals surface area (Å²) in [5.74, 6) is -0.120. The van der Waals surface area contributed by atoms with E-state index in [4.69, 9.17) is 0 Å². The van der Waals surface area contributed by atoms with Gasteiger partial charge in [0.1, 0.15) is 5.56 Å². The molecule has 0 fully saturated rings. The monoisotopic (exact) mass is 278 g/mol. The quantitative estimate of drug-likeness (QED) is 0.781. The maximum Gasteiger partial charge on any atom is 0.257 e. The molecule has 0 aliphatic heterocycles. The second kappa shape index (κ2) is 4.70. The highest BCUT2D eigenvalue weighted by atomic mass is 16.1. The molecule has 2 heterocycles. The predicted molar refractivity (Wildman–Crippen MR) is 78.0 cm³/mol. The van der Waals surface area contributed by atoms with E-state index in [9.17, 15) is 4.79 Å². The minimum atomic E-state index is -0.120. The lowest BCUT2D eigenvalue weighted by Crippen LogP contribution is -2.27. The van der Waals surface area contributed by atoms with Crippen LogP contribution < -0.4 is 5.32 Å². The summed E-state index contributed by atoms with van der Waals surface area (Å²) in [5.41, 5.74) is 3.64. The molecule has 0 saturated heterocycles. The van der Waals surface area contributed by atoms with Gasteiger partial charge in [0.2, 0.25) is 0 Å². The third-order valence-electron chi connectivity index (χ3n) is 3.96. The molecule has 1 atom stereocenters. The van der Waals surface area contributed by atoms with E-state index in [1.54, 1.807) is 29.2 Å². The van der Waals surface area contributed by atoms with Crippen LogP contribution in [0.5, 0.6) is 0 Å². The topological polar surface area (TPSA) is 59.3 Å². The lowest BCUT2D eigenvalue weighted by molar-refractivity contribution is 0.0938. The zero-order chi connectivity index (χ0) is 14.2. The Morgan fingerprint density at radius 1 is 1.29 bits per heavy atom. The second-order valence-electron chi connectivity index (χ2n) is 5.21. The molecular weight excluding hydrogens is 264 g/mol. The van der Waals surface area contributed by atoms with Crippen molar-refractivity contribution < 1.29 is 4.79 Å². The van der Waals surface area contributed by atoms with Crippen molar-refractivity contribution in [1.29, 1.82) is 0 Å². The van der Waals surface area contributed by atoms with E-state index in [2.05, 4.69) is 27.5 Å². The molecule has 0 unspecified atom stereocenters. The number of aromatic nitrogens is 3. The number of aryl methyl sites for hydroxylation is 1. The van der Waals surface area contributed by atoms with Gasteiger partial charge in [-0.2, -0.15) is 5.10 Å². The van der Waals surface area contributed by atoms with E-state index in [0.717, 1.165) is 12.8 Å². The van der Waals surface area contributed by atoms with Crippen molar-refractivity contribution in [3.05, 3.63) is 65.6 Å². The van der Waals surface area contributed by atoms with Gasteiger partial charge in [-0.3, -0.25) is 4.79 Å². The summed E-state index contributed by atoms with van der Waals surface area (Å²) in [7, 11) is 0. The Labute approximate surface area is 121 Å². The van der Waals surface area contributed by atoms with Crippen LogP contribution in [-0.4, -0.2) is 20.5 Å². The van der Waals surface area contributed by atoms with E-state index in [1.807, 2.05) is 12.1 Å². The van der Waals surface area contributed by atoms with Crippen molar-refractivity contribution in [2.24, 2.45) is 0 Å². The second-order valence-corrected chi connectivity index (χ2v) is 5.21. The van der Waals surface area contributed by atoms with Gasteiger partial charge in [-0.15, -0.1) is 0 Å². The highest BCUT2D eigenvalue weighted by molar-refractivity contribution is 5.99. The van der Waals surface area contributed by atoms with Crippen molar-refractivity contribution >= 4 is 11.6 Å². The molecule has 5 nitrogen and oxygen atoms in total. The molecule has 21 heavy (non-hydrogen) atoms. The molecule has 0 saturated carbocycles. The fourth-order valence-electron chi connectivity index (χ4n) is 2.93. The molecule has 5 heteroatoms. The Bertz CT molecular complexity index is 824. The number of nitrogens with zero attached hydrogens (tertiary/aromatic N) is 3. The number of nitrogens with one attached hydrogen (secondary N) is 1. The molecule has 4 rings (SSSR count). The van der Waals surface area contributed by atoms with Crippen LogP contribution in [0.4, 0.5) is 0 Å².